The van der Waals surface area contributed by atoms with Crippen LogP contribution in [0.3, 0.4) is 0 Å². The Kier molecular flexibility index (Phi) is 10.6. The van der Waals surface area contributed by atoms with E-state index in [-0.39, 0.29) is 5.88 Å². The number of halogens is 1. The molecule has 1 N–H and O–H groups in total. The molecule has 0 aliphatic carbocycles. The van der Waals surface area contributed by atoms with E-state index in [0.717, 1.165) is 6.54 Å². The fraction of sp³-hybridized carbons (Fsp3) is 0.417. The Bertz CT molecular complexity index is 239. The molecule has 0 radical (unpaired) electrons. The molecule has 0 saturated heterocycles. The molecule has 1 rings (SSSR count). The Balaban J connectivity index is 0.000000423. The Hall–Kier alpha value is -0.860. The van der Waals surface area contributed by atoms with Gasteiger partial charge in [-0.15, -0.1) is 11.6 Å². The van der Waals surface area contributed by atoms with Crippen molar-refractivity contribution in [2.24, 2.45) is 0 Å². The second-order valence-electron chi connectivity index (χ2n) is 3.01. The average Bonchev–Trinajstić information content (AvgIpc) is 2.31. The van der Waals surface area contributed by atoms with Crippen LogP contribution >= 0.6 is 11.6 Å². The smallest absolute Gasteiger partial charge is 0.134 e. The summed E-state index contributed by atoms with van der Waals surface area (Å²) in [7, 11) is 1.99. The van der Waals surface area contributed by atoms with Crippen molar-refractivity contribution in [1.29, 1.82) is 0 Å². The van der Waals surface area contributed by atoms with Gasteiger partial charge in [0, 0.05) is 0 Å². The van der Waals surface area contributed by atoms with E-state index in [1.54, 1.807) is 0 Å². The zero-order valence-electron chi connectivity index (χ0n) is 9.08. The molecule has 0 amide bonds. The molecule has 2 nitrogen and oxygen atoms in total. The van der Waals surface area contributed by atoms with E-state index < -0.39 is 0 Å². The molecule has 1 aromatic carbocycles. The van der Waals surface area contributed by atoms with Crippen molar-refractivity contribution in [3.8, 4) is 0 Å². The summed E-state index contributed by atoms with van der Waals surface area (Å²) in [5.74, 6) is 0.111. The van der Waals surface area contributed by atoms with Crippen LogP contribution in [0.1, 0.15) is 12.0 Å². The summed E-state index contributed by atoms with van der Waals surface area (Å²) in [6, 6.07) is 10.6. The number of carbonyl (C=O) groups excluding carboxylic acids is 1. The van der Waals surface area contributed by atoms with E-state index in [2.05, 4.69) is 35.6 Å². The van der Waals surface area contributed by atoms with Gasteiger partial charge in [0.25, 0.3) is 0 Å². The molecule has 0 atom stereocenters. The number of alkyl halides is 1. The normalized spacial score (nSPS) is 8.93. The van der Waals surface area contributed by atoms with Crippen LogP contribution in [-0.4, -0.2) is 25.8 Å². The van der Waals surface area contributed by atoms with Gasteiger partial charge in [-0.2, -0.15) is 0 Å². The molecule has 1 aromatic rings. The first-order valence-corrected chi connectivity index (χ1v) is 5.56. The van der Waals surface area contributed by atoms with Crippen LogP contribution in [0.4, 0.5) is 0 Å². The van der Waals surface area contributed by atoms with Crippen molar-refractivity contribution in [3.05, 3.63) is 35.9 Å². The van der Waals surface area contributed by atoms with Gasteiger partial charge in [0.2, 0.25) is 0 Å². The van der Waals surface area contributed by atoms with Crippen molar-refractivity contribution < 1.29 is 4.79 Å². The maximum absolute atomic E-state index is 9.04. The summed E-state index contributed by atoms with van der Waals surface area (Å²) in [6.45, 7) is 1.11. The second-order valence-corrected chi connectivity index (χ2v) is 3.32. The van der Waals surface area contributed by atoms with E-state index in [0.29, 0.717) is 6.29 Å². The number of aryl methyl sites for hydroxylation is 1. The lowest BCUT2D eigenvalue weighted by molar-refractivity contribution is -0.105. The van der Waals surface area contributed by atoms with Gasteiger partial charge in [-0.05, 0) is 32.0 Å². The maximum atomic E-state index is 9.04. The summed E-state index contributed by atoms with van der Waals surface area (Å²) in [5, 5.41) is 3.14. The molecule has 0 aliphatic heterocycles. The highest BCUT2D eigenvalue weighted by Crippen LogP contribution is 2.00. The average molecular weight is 228 g/mol. The van der Waals surface area contributed by atoms with Crippen LogP contribution in [0.2, 0.25) is 0 Å². The number of hydrogen-bond donors (Lipinski definition) is 1. The number of hydrogen-bond acceptors (Lipinski definition) is 2. The summed E-state index contributed by atoms with van der Waals surface area (Å²) in [6.07, 6.45) is 3.05. The topological polar surface area (TPSA) is 29.1 Å². The van der Waals surface area contributed by atoms with Crippen LogP contribution in [0.15, 0.2) is 30.3 Å². The number of aldehydes is 1. The van der Waals surface area contributed by atoms with Crippen LogP contribution in [-0.2, 0) is 11.2 Å². The molecule has 15 heavy (non-hydrogen) atoms. The van der Waals surface area contributed by atoms with Gasteiger partial charge in [-0.25, -0.2) is 0 Å². The lowest BCUT2D eigenvalue weighted by Gasteiger charge is -1.99. The quantitative estimate of drug-likeness (QED) is 0.475. The molecule has 0 aromatic heterocycles. The van der Waals surface area contributed by atoms with Crippen molar-refractivity contribution >= 4 is 17.9 Å². The minimum absolute atomic E-state index is 0.111. The molecule has 0 heterocycles. The SMILES string of the molecule is CNCCCc1ccccc1.O=CCCl. The van der Waals surface area contributed by atoms with E-state index in [9.17, 15) is 0 Å². The molecular weight excluding hydrogens is 210 g/mol. The fourth-order valence-electron chi connectivity index (χ4n) is 1.11. The zero-order valence-corrected chi connectivity index (χ0v) is 9.83. The first-order chi connectivity index (χ1) is 7.35. The standard InChI is InChI=1S/C10H15N.C2H3ClO/c1-11-9-5-8-10-6-3-2-4-7-10;3-1-2-4/h2-4,6-7,11H,5,8-9H2,1H3;2H,1H2. The predicted octanol–water partition coefficient (Wildman–Crippen LogP) is 2.26. The molecule has 0 unspecified atom stereocenters. The summed E-state index contributed by atoms with van der Waals surface area (Å²) in [5.41, 5.74) is 1.43. The van der Waals surface area contributed by atoms with Crippen molar-refractivity contribution in [2.75, 3.05) is 19.5 Å². The number of rotatable bonds is 5. The molecule has 0 bridgehead atoms. The summed E-state index contributed by atoms with van der Waals surface area (Å²) in [4.78, 5) is 9.04. The molecule has 0 saturated carbocycles. The van der Waals surface area contributed by atoms with Gasteiger partial charge < -0.3 is 10.1 Å². The van der Waals surface area contributed by atoms with E-state index in [1.165, 1.54) is 18.4 Å². The molecule has 84 valence electrons. The van der Waals surface area contributed by atoms with Crippen LogP contribution in [0.5, 0.6) is 0 Å². The van der Waals surface area contributed by atoms with Gasteiger partial charge in [0.15, 0.2) is 0 Å². The molecular formula is C12H18ClNO. The zero-order chi connectivity index (χ0) is 11.4. The van der Waals surface area contributed by atoms with E-state index in [1.807, 2.05) is 7.05 Å². The number of nitrogens with one attached hydrogen (secondary N) is 1. The second kappa shape index (κ2) is 11.2. The molecule has 3 heteroatoms. The molecule has 0 fully saturated rings. The largest absolute Gasteiger partial charge is 0.320 e. The minimum atomic E-state index is 0.111. The number of carbonyl (C=O) groups is 1. The first-order valence-electron chi connectivity index (χ1n) is 5.03. The lowest BCUT2D eigenvalue weighted by atomic mass is 10.1. The summed E-state index contributed by atoms with van der Waals surface area (Å²) < 4.78 is 0. The molecule has 0 spiro atoms. The third-order valence-electron chi connectivity index (χ3n) is 1.80. The highest BCUT2D eigenvalue weighted by Gasteiger charge is 1.88. The van der Waals surface area contributed by atoms with E-state index >= 15 is 0 Å². The third-order valence-corrected chi connectivity index (χ3v) is 1.92. The van der Waals surface area contributed by atoms with Gasteiger partial charge in [0.05, 0.1) is 5.88 Å². The van der Waals surface area contributed by atoms with Crippen molar-refractivity contribution in [3.63, 3.8) is 0 Å². The maximum Gasteiger partial charge on any atom is 0.134 e. The minimum Gasteiger partial charge on any atom is -0.320 e. The lowest BCUT2D eigenvalue weighted by Crippen LogP contribution is -2.08. The third kappa shape index (κ3) is 9.44. The fourth-order valence-corrected chi connectivity index (χ4v) is 1.11. The van der Waals surface area contributed by atoms with E-state index in [4.69, 9.17) is 16.4 Å². The monoisotopic (exact) mass is 227 g/mol. The summed E-state index contributed by atoms with van der Waals surface area (Å²) >= 11 is 4.82. The van der Waals surface area contributed by atoms with Crippen LogP contribution < -0.4 is 5.32 Å². The van der Waals surface area contributed by atoms with Gasteiger partial charge in [0.1, 0.15) is 6.29 Å². The first kappa shape index (κ1) is 14.1. The highest BCUT2D eigenvalue weighted by molar-refractivity contribution is 6.24. The van der Waals surface area contributed by atoms with Crippen LogP contribution in [0.25, 0.3) is 0 Å². The molecule has 0 aliphatic rings. The predicted molar refractivity (Wildman–Crippen MR) is 65.5 cm³/mol. The number of benzene rings is 1. The Morgan fingerprint density at radius 3 is 2.40 bits per heavy atom. The van der Waals surface area contributed by atoms with Gasteiger partial charge >= 0.3 is 0 Å². The Labute approximate surface area is 96.6 Å². The van der Waals surface area contributed by atoms with Crippen molar-refractivity contribution in [2.45, 2.75) is 12.8 Å². The van der Waals surface area contributed by atoms with Crippen molar-refractivity contribution in [1.82, 2.24) is 5.32 Å². The van der Waals surface area contributed by atoms with Crippen LogP contribution in [0, 0.1) is 0 Å². The highest BCUT2D eigenvalue weighted by atomic mass is 35.5. The Morgan fingerprint density at radius 1 is 1.33 bits per heavy atom. The Morgan fingerprint density at radius 2 is 1.93 bits per heavy atom. The van der Waals surface area contributed by atoms with Gasteiger partial charge in [-0.1, -0.05) is 30.3 Å². The van der Waals surface area contributed by atoms with Gasteiger partial charge in [-0.3, -0.25) is 0 Å².